The first-order valence-corrected chi connectivity index (χ1v) is 8.98. The predicted octanol–water partition coefficient (Wildman–Crippen LogP) is 3.25. The average Bonchev–Trinajstić information content (AvgIpc) is 3.24. The number of hydrogen-bond donors (Lipinski definition) is 2. The van der Waals surface area contributed by atoms with E-state index in [1.165, 1.54) is 6.21 Å². The molecule has 0 aliphatic carbocycles. The summed E-state index contributed by atoms with van der Waals surface area (Å²) < 4.78 is 11.0. The fourth-order valence-corrected chi connectivity index (χ4v) is 2.53. The van der Waals surface area contributed by atoms with Crippen LogP contribution in [0.25, 0.3) is 11.3 Å². The second-order valence-electron chi connectivity index (χ2n) is 5.86. The lowest BCUT2D eigenvalue weighted by molar-refractivity contribution is 0.0950. The molecule has 0 atom stereocenters. The van der Waals surface area contributed by atoms with E-state index in [-0.39, 0.29) is 6.61 Å². The molecule has 1 heterocycles. The van der Waals surface area contributed by atoms with Crippen LogP contribution in [0.2, 0.25) is 0 Å². The van der Waals surface area contributed by atoms with E-state index >= 15 is 0 Å². The molecule has 3 aromatic rings. The number of nitrogens with zero attached hydrogens (tertiary/aromatic N) is 2. The third-order valence-electron chi connectivity index (χ3n) is 3.85. The Morgan fingerprint density at radius 2 is 2.03 bits per heavy atom. The van der Waals surface area contributed by atoms with E-state index in [0.717, 1.165) is 11.1 Å². The van der Waals surface area contributed by atoms with E-state index in [4.69, 9.17) is 15.9 Å². The fraction of sp³-hybridized carbons (Fsp3) is 0.136. The summed E-state index contributed by atoms with van der Waals surface area (Å²) in [5, 5.41) is 10.9. The third-order valence-corrected chi connectivity index (χ3v) is 3.85. The van der Waals surface area contributed by atoms with Crippen molar-refractivity contribution in [1.82, 2.24) is 15.6 Å². The molecule has 7 heteroatoms. The molecular formula is C22H20N4O3. The van der Waals surface area contributed by atoms with Crippen molar-refractivity contribution in [3.8, 4) is 35.1 Å². The maximum absolute atomic E-state index is 12.3. The number of benzene rings is 2. The van der Waals surface area contributed by atoms with Crippen LogP contribution in [0.3, 0.4) is 0 Å². The number of hydrogen-bond acceptors (Lipinski definition) is 5. The fourth-order valence-electron chi connectivity index (χ4n) is 2.53. The summed E-state index contributed by atoms with van der Waals surface area (Å²) in [5.74, 6) is 3.13. The molecule has 1 amide bonds. The zero-order valence-electron chi connectivity index (χ0n) is 15.9. The summed E-state index contributed by atoms with van der Waals surface area (Å²) in [6.07, 6.45) is 6.74. The summed E-state index contributed by atoms with van der Waals surface area (Å²) in [6.45, 7) is 2.51. The van der Waals surface area contributed by atoms with Gasteiger partial charge in [-0.2, -0.15) is 10.2 Å². The molecule has 0 aliphatic heterocycles. The normalized spacial score (nSPS) is 10.5. The molecule has 2 N–H and O–H groups in total. The van der Waals surface area contributed by atoms with Crippen LogP contribution in [0, 0.1) is 12.3 Å². The van der Waals surface area contributed by atoms with Crippen LogP contribution < -0.4 is 14.9 Å². The highest BCUT2D eigenvalue weighted by atomic mass is 16.5. The lowest BCUT2D eigenvalue weighted by Gasteiger charge is -2.10. The van der Waals surface area contributed by atoms with Gasteiger partial charge in [0.2, 0.25) is 0 Å². The van der Waals surface area contributed by atoms with Crippen molar-refractivity contribution in [2.45, 2.75) is 6.92 Å². The number of carbonyl (C=O) groups is 1. The molecular weight excluding hydrogens is 368 g/mol. The van der Waals surface area contributed by atoms with Crippen molar-refractivity contribution in [1.29, 1.82) is 0 Å². The van der Waals surface area contributed by atoms with Crippen LogP contribution in [0.15, 0.2) is 59.7 Å². The number of H-pyrrole nitrogens is 1. The highest BCUT2D eigenvalue weighted by Crippen LogP contribution is 2.28. The molecule has 0 saturated heterocycles. The van der Waals surface area contributed by atoms with E-state index in [9.17, 15) is 4.79 Å². The second-order valence-corrected chi connectivity index (χ2v) is 5.86. The first kappa shape index (κ1) is 19.7. The predicted molar refractivity (Wildman–Crippen MR) is 111 cm³/mol. The van der Waals surface area contributed by atoms with Crippen LogP contribution in [-0.4, -0.2) is 35.5 Å². The monoisotopic (exact) mass is 388 g/mol. The number of aromatic amines is 1. The molecule has 0 fully saturated rings. The van der Waals surface area contributed by atoms with Gasteiger partial charge in [-0.25, -0.2) is 5.43 Å². The quantitative estimate of drug-likeness (QED) is 0.352. The van der Waals surface area contributed by atoms with Crippen molar-refractivity contribution in [2.24, 2.45) is 5.10 Å². The van der Waals surface area contributed by atoms with Crippen LogP contribution in [0.5, 0.6) is 11.5 Å². The second kappa shape index (κ2) is 9.76. The van der Waals surface area contributed by atoms with Gasteiger partial charge in [0.25, 0.3) is 5.91 Å². The Hall–Kier alpha value is -4.05. The van der Waals surface area contributed by atoms with Crippen LogP contribution in [0.1, 0.15) is 23.0 Å². The molecule has 7 nitrogen and oxygen atoms in total. The summed E-state index contributed by atoms with van der Waals surface area (Å²) in [7, 11) is 0. The molecule has 0 bridgehead atoms. The maximum Gasteiger partial charge on any atom is 0.289 e. The van der Waals surface area contributed by atoms with Gasteiger partial charge in [0.1, 0.15) is 12.3 Å². The number of hydrazone groups is 1. The van der Waals surface area contributed by atoms with Gasteiger partial charge in [-0.1, -0.05) is 36.3 Å². The standard InChI is InChI=1S/C22H20N4O3/c1-3-12-29-20-11-10-16(13-21(20)28-4-2)15-23-26-22(27)19-14-18(24-25-19)17-8-6-5-7-9-17/h1,5-11,13-15H,4,12H2,2H3,(H,24,25)(H,26,27)/b23-15-. The number of rotatable bonds is 8. The molecule has 0 saturated carbocycles. The van der Waals surface area contributed by atoms with Crippen LogP contribution in [-0.2, 0) is 0 Å². The Bertz CT molecular complexity index is 1040. The molecule has 0 radical (unpaired) electrons. The van der Waals surface area contributed by atoms with Gasteiger partial charge in [-0.15, -0.1) is 6.42 Å². The zero-order chi connectivity index (χ0) is 20.5. The lowest BCUT2D eigenvalue weighted by Crippen LogP contribution is -2.18. The van der Waals surface area contributed by atoms with Gasteiger partial charge in [-0.05, 0) is 36.8 Å². The number of nitrogens with one attached hydrogen (secondary N) is 2. The molecule has 0 spiro atoms. The smallest absolute Gasteiger partial charge is 0.289 e. The number of aromatic nitrogens is 2. The van der Waals surface area contributed by atoms with E-state index in [1.54, 1.807) is 24.3 Å². The number of amides is 1. The zero-order valence-corrected chi connectivity index (χ0v) is 15.9. The van der Waals surface area contributed by atoms with Gasteiger partial charge >= 0.3 is 0 Å². The Morgan fingerprint density at radius 1 is 1.21 bits per heavy atom. The van der Waals surface area contributed by atoms with Crippen molar-refractivity contribution >= 4 is 12.1 Å². The van der Waals surface area contributed by atoms with Crippen molar-refractivity contribution in [3.05, 3.63) is 65.9 Å². The van der Waals surface area contributed by atoms with E-state index in [1.807, 2.05) is 37.3 Å². The highest BCUT2D eigenvalue weighted by Gasteiger charge is 2.10. The largest absolute Gasteiger partial charge is 0.490 e. The van der Waals surface area contributed by atoms with E-state index < -0.39 is 5.91 Å². The van der Waals surface area contributed by atoms with E-state index in [2.05, 4.69) is 26.6 Å². The molecule has 0 unspecified atom stereocenters. The average molecular weight is 388 g/mol. The Kier molecular flexibility index (Phi) is 6.63. The Morgan fingerprint density at radius 3 is 2.79 bits per heavy atom. The molecule has 1 aromatic heterocycles. The van der Waals surface area contributed by atoms with Crippen LogP contribution >= 0.6 is 0 Å². The number of ether oxygens (including phenoxy) is 2. The minimum absolute atomic E-state index is 0.152. The third kappa shape index (κ3) is 5.23. The van der Waals surface area contributed by atoms with Gasteiger partial charge in [0.05, 0.1) is 18.5 Å². The van der Waals surface area contributed by atoms with Gasteiger partial charge in [0, 0.05) is 5.56 Å². The minimum Gasteiger partial charge on any atom is -0.490 e. The van der Waals surface area contributed by atoms with Gasteiger partial charge in [-0.3, -0.25) is 9.89 Å². The number of carbonyl (C=O) groups excluding carboxylic acids is 1. The molecule has 3 rings (SSSR count). The van der Waals surface area contributed by atoms with E-state index in [0.29, 0.717) is 29.5 Å². The van der Waals surface area contributed by atoms with Gasteiger partial charge < -0.3 is 9.47 Å². The Labute approximate surface area is 168 Å². The highest BCUT2D eigenvalue weighted by molar-refractivity contribution is 5.94. The minimum atomic E-state index is -0.394. The topological polar surface area (TPSA) is 88.6 Å². The summed E-state index contributed by atoms with van der Waals surface area (Å²) in [6, 6.07) is 16.5. The first-order valence-electron chi connectivity index (χ1n) is 8.98. The molecule has 0 aliphatic rings. The van der Waals surface area contributed by atoms with Crippen molar-refractivity contribution in [2.75, 3.05) is 13.2 Å². The SMILES string of the molecule is C#CCOc1ccc(/C=N\NC(=O)c2cc(-c3ccccc3)n[nH]2)cc1OCC. The van der Waals surface area contributed by atoms with Gasteiger partial charge in [0.15, 0.2) is 11.5 Å². The van der Waals surface area contributed by atoms with Crippen molar-refractivity contribution < 1.29 is 14.3 Å². The maximum atomic E-state index is 12.3. The van der Waals surface area contributed by atoms with Crippen molar-refractivity contribution in [3.63, 3.8) is 0 Å². The number of terminal acetylenes is 1. The first-order chi connectivity index (χ1) is 14.2. The molecule has 146 valence electrons. The Balaban J connectivity index is 1.65. The molecule has 2 aromatic carbocycles. The molecule has 29 heavy (non-hydrogen) atoms. The van der Waals surface area contributed by atoms with Crippen LogP contribution in [0.4, 0.5) is 0 Å². The summed E-state index contributed by atoms with van der Waals surface area (Å²) in [5.41, 5.74) is 5.12. The lowest BCUT2D eigenvalue weighted by atomic mass is 10.1. The summed E-state index contributed by atoms with van der Waals surface area (Å²) in [4.78, 5) is 12.3. The summed E-state index contributed by atoms with van der Waals surface area (Å²) >= 11 is 0.